The summed E-state index contributed by atoms with van der Waals surface area (Å²) in [7, 11) is 3.31. The number of thiazole rings is 1. The van der Waals surface area contributed by atoms with Crippen LogP contribution in [0.25, 0.3) is 49.4 Å². The third-order valence-corrected chi connectivity index (χ3v) is 8.58. The molecule has 0 aliphatic heterocycles. The molecule has 0 amide bonds. The first-order chi connectivity index (χ1) is 19.2. The van der Waals surface area contributed by atoms with Crippen LogP contribution in [0.4, 0.5) is 0 Å². The first kappa shape index (κ1) is 23.7. The van der Waals surface area contributed by atoms with Crippen LogP contribution in [0.1, 0.15) is 5.82 Å². The molecule has 0 bridgehead atoms. The largest absolute Gasteiger partial charge is 0.497 e. The average Bonchev–Trinajstić information content (AvgIpc) is 3.70. The summed E-state index contributed by atoms with van der Waals surface area (Å²) in [5, 5.41) is 5.52. The van der Waals surface area contributed by atoms with E-state index >= 15 is 0 Å². The molecule has 8 nitrogen and oxygen atoms in total. The first-order valence-corrected chi connectivity index (χ1v) is 13.9. The number of fused-ring (bicyclic) bond motifs is 4. The van der Waals surface area contributed by atoms with E-state index in [0.717, 1.165) is 43.4 Å². The summed E-state index contributed by atoms with van der Waals surface area (Å²) in [5.41, 5.74) is 4.96. The van der Waals surface area contributed by atoms with Crippen LogP contribution in [0.2, 0.25) is 0 Å². The maximum absolute atomic E-state index is 6.37. The number of benzene rings is 3. The summed E-state index contributed by atoms with van der Waals surface area (Å²) in [6, 6.07) is 23.8. The van der Waals surface area contributed by atoms with Gasteiger partial charge in [0.25, 0.3) is 0 Å². The fourth-order valence-electron chi connectivity index (χ4n) is 4.52. The third kappa shape index (κ3) is 4.27. The van der Waals surface area contributed by atoms with Crippen molar-refractivity contribution >= 4 is 50.1 Å². The zero-order chi connectivity index (χ0) is 26.3. The predicted octanol–water partition coefficient (Wildman–Crippen LogP) is 7.12. The molecule has 7 aromatic rings. The van der Waals surface area contributed by atoms with Crippen LogP contribution in [0, 0.1) is 0 Å². The summed E-state index contributed by atoms with van der Waals surface area (Å²) < 4.78 is 21.0. The second-order valence-corrected chi connectivity index (χ2v) is 11.0. The topological polar surface area (TPSA) is 87.6 Å². The quantitative estimate of drug-likeness (QED) is 0.194. The zero-order valence-corrected chi connectivity index (χ0v) is 22.6. The van der Waals surface area contributed by atoms with Gasteiger partial charge in [-0.3, -0.25) is 0 Å². The van der Waals surface area contributed by atoms with Gasteiger partial charge in [0, 0.05) is 11.1 Å². The Morgan fingerprint density at radius 3 is 2.31 bits per heavy atom. The van der Waals surface area contributed by atoms with Gasteiger partial charge in [0.2, 0.25) is 5.71 Å². The van der Waals surface area contributed by atoms with E-state index in [-0.39, 0.29) is 0 Å². The molecule has 0 fully saturated rings. The Balaban J connectivity index is 1.34. The average molecular weight is 552 g/mol. The van der Waals surface area contributed by atoms with Crippen molar-refractivity contribution in [3.8, 4) is 33.9 Å². The molecule has 0 spiro atoms. The van der Waals surface area contributed by atoms with E-state index in [1.807, 2.05) is 66.7 Å². The van der Waals surface area contributed by atoms with Crippen molar-refractivity contribution in [2.75, 3.05) is 14.2 Å². The van der Waals surface area contributed by atoms with Crippen LogP contribution in [0.3, 0.4) is 0 Å². The molecular formula is C29H21N5O3S2. The smallest absolute Gasteiger partial charge is 0.232 e. The Labute approximate surface area is 231 Å². The van der Waals surface area contributed by atoms with E-state index in [2.05, 4.69) is 11.1 Å². The molecule has 4 aromatic heterocycles. The number of rotatable bonds is 7. The maximum Gasteiger partial charge on any atom is 0.232 e. The maximum atomic E-state index is 6.37. The number of hydrogen-bond acceptors (Lipinski definition) is 9. The lowest BCUT2D eigenvalue weighted by molar-refractivity contribution is 0.414. The van der Waals surface area contributed by atoms with Crippen molar-refractivity contribution in [2.45, 2.75) is 10.1 Å². The SMILES string of the molecule is COc1ccc(-c2oc3ncn4nc(CSc5nc6ccccc6s5)nc4c3c2-c2ccc(OC)cc2)cc1. The highest BCUT2D eigenvalue weighted by Gasteiger charge is 2.23. The number of ether oxygens (including phenoxy) is 2. The van der Waals surface area contributed by atoms with Crippen molar-refractivity contribution in [1.82, 2.24) is 24.6 Å². The fraction of sp³-hybridized carbons (Fsp3) is 0.103. The normalized spacial score (nSPS) is 11.5. The lowest BCUT2D eigenvalue weighted by atomic mass is 9.99. The number of nitrogens with zero attached hydrogens (tertiary/aromatic N) is 5. The summed E-state index contributed by atoms with van der Waals surface area (Å²) >= 11 is 3.30. The Hall–Kier alpha value is -4.41. The highest BCUT2D eigenvalue weighted by atomic mass is 32.2. The summed E-state index contributed by atoms with van der Waals surface area (Å²) in [4.78, 5) is 14.2. The molecule has 10 heteroatoms. The molecule has 7 rings (SSSR count). The van der Waals surface area contributed by atoms with Crippen molar-refractivity contribution in [3.05, 3.63) is 84.9 Å². The molecule has 0 N–H and O–H groups in total. The van der Waals surface area contributed by atoms with Crippen LogP contribution in [-0.4, -0.2) is 38.8 Å². The van der Waals surface area contributed by atoms with E-state index in [1.165, 1.54) is 4.70 Å². The van der Waals surface area contributed by atoms with Crippen LogP contribution < -0.4 is 9.47 Å². The number of hydrogen-bond donors (Lipinski definition) is 0. The number of para-hydroxylation sites is 1. The number of methoxy groups -OCH3 is 2. The third-order valence-electron chi connectivity index (χ3n) is 6.40. The molecule has 0 radical (unpaired) electrons. The molecule has 0 aliphatic rings. The molecule has 0 unspecified atom stereocenters. The second-order valence-electron chi connectivity index (χ2n) is 8.72. The molecular weight excluding hydrogens is 530 g/mol. The molecule has 0 saturated carbocycles. The lowest BCUT2D eigenvalue weighted by Crippen LogP contribution is -1.91. The van der Waals surface area contributed by atoms with Crippen molar-refractivity contribution < 1.29 is 13.9 Å². The molecule has 0 aliphatic carbocycles. The first-order valence-electron chi connectivity index (χ1n) is 12.1. The molecule has 3 aromatic carbocycles. The fourth-order valence-corrected chi connectivity index (χ4v) is 6.44. The monoisotopic (exact) mass is 551 g/mol. The van der Waals surface area contributed by atoms with Crippen molar-refractivity contribution in [3.63, 3.8) is 0 Å². The van der Waals surface area contributed by atoms with Gasteiger partial charge in [0.15, 0.2) is 15.8 Å². The minimum Gasteiger partial charge on any atom is -0.497 e. The van der Waals surface area contributed by atoms with Gasteiger partial charge in [-0.25, -0.2) is 19.5 Å². The minimum atomic E-state index is 0.497. The molecule has 192 valence electrons. The summed E-state index contributed by atoms with van der Waals surface area (Å²) in [5.74, 6) is 3.53. The van der Waals surface area contributed by atoms with E-state index < -0.39 is 0 Å². The second kappa shape index (κ2) is 9.72. The van der Waals surface area contributed by atoms with Gasteiger partial charge in [-0.1, -0.05) is 36.0 Å². The Kier molecular flexibility index (Phi) is 5.90. The Morgan fingerprint density at radius 2 is 1.59 bits per heavy atom. The molecule has 39 heavy (non-hydrogen) atoms. The van der Waals surface area contributed by atoms with Gasteiger partial charge >= 0.3 is 0 Å². The van der Waals surface area contributed by atoms with Gasteiger partial charge in [-0.15, -0.1) is 16.4 Å². The highest BCUT2D eigenvalue weighted by molar-refractivity contribution is 8.00. The zero-order valence-electron chi connectivity index (χ0n) is 21.0. The number of furan rings is 1. The number of thioether (sulfide) groups is 1. The standard InChI is InChI=1S/C29H21N5O3S2/c1-35-19-11-7-17(8-12-19)24-25-27-32-23(15-38-29-31-21-5-3-4-6-22(21)39-29)33-34(27)16-30-28(25)37-26(24)18-9-13-20(36-2)14-10-18/h3-14,16H,15H2,1-2H3. The van der Waals surface area contributed by atoms with Gasteiger partial charge in [0.05, 0.1) is 35.6 Å². The predicted molar refractivity (Wildman–Crippen MR) is 154 cm³/mol. The van der Waals surface area contributed by atoms with Gasteiger partial charge in [-0.2, -0.15) is 0 Å². The van der Waals surface area contributed by atoms with E-state index in [9.17, 15) is 0 Å². The number of aromatic nitrogens is 5. The Bertz CT molecular complexity index is 1910. The van der Waals surface area contributed by atoms with Gasteiger partial charge in [-0.05, 0) is 54.1 Å². The van der Waals surface area contributed by atoms with Crippen LogP contribution in [0.5, 0.6) is 11.5 Å². The molecule has 0 saturated heterocycles. The van der Waals surface area contributed by atoms with Crippen molar-refractivity contribution in [2.24, 2.45) is 0 Å². The highest BCUT2D eigenvalue weighted by Crippen LogP contribution is 2.42. The lowest BCUT2D eigenvalue weighted by Gasteiger charge is -2.06. The van der Waals surface area contributed by atoms with Crippen LogP contribution in [-0.2, 0) is 5.75 Å². The molecule has 4 heterocycles. The van der Waals surface area contributed by atoms with E-state index in [4.69, 9.17) is 29.0 Å². The van der Waals surface area contributed by atoms with Crippen LogP contribution in [0.15, 0.2) is 87.9 Å². The van der Waals surface area contributed by atoms with E-state index in [0.29, 0.717) is 28.7 Å². The van der Waals surface area contributed by atoms with E-state index in [1.54, 1.807) is 48.2 Å². The summed E-state index contributed by atoms with van der Waals surface area (Å²) in [6.07, 6.45) is 1.65. The van der Waals surface area contributed by atoms with Crippen LogP contribution >= 0.6 is 23.1 Å². The summed E-state index contributed by atoms with van der Waals surface area (Å²) in [6.45, 7) is 0. The Morgan fingerprint density at radius 1 is 0.872 bits per heavy atom. The van der Waals surface area contributed by atoms with Gasteiger partial charge < -0.3 is 13.9 Å². The van der Waals surface area contributed by atoms with Crippen molar-refractivity contribution in [1.29, 1.82) is 0 Å². The van der Waals surface area contributed by atoms with Gasteiger partial charge in [0.1, 0.15) is 23.6 Å². The molecule has 0 atom stereocenters. The minimum absolute atomic E-state index is 0.497.